The molecular weight excluding hydrogens is 377 g/mol. The van der Waals surface area contributed by atoms with Crippen molar-refractivity contribution in [2.24, 2.45) is 0 Å². The lowest BCUT2D eigenvalue weighted by atomic mass is 9.99. The Morgan fingerprint density at radius 1 is 1.21 bits per heavy atom. The summed E-state index contributed by atoms with van der Waals surface area (Å²) in [5, 5.41) is 4.98. The molecule has 28 heavy (non-hydrogen) atoms. The molecule has 0 saturated heterocycles. The Morgan fingerprint density at radius 2 is 2.00 bits per heavy atom. The predicted molar refractivity (Wildman–Crippen MR) is 106 cm³/mol. The van der Waals surface area contributed by atoms with Gasteiger partial charge in [0.25, 0.3) is 5.91 Å². The highest BCUT2D eigenvalue weighted by Gasteiger charge is 2.26. The van der Waals surface area contributed by atoms with Crippen LogP contribution < -0.4 is 5.32 Å². The maximum atomic E-state index is 13.8. The first-order valence-corrected chi connectivity index (χ1v) is 9.96. The minimum absolute atomic E-state index is 0.0599. The number of halogens is 1. The standard InChI is InChI=1S/C21H20FN3O2S/c1-14(26)25-10-6-18(17-5-4-16(22)12-15(17)13-25)23-21(27)20-19(7-11-28-20)24-8-2-3-9-24/h2-5,7-9,11-12,18H,6,10,13H2,1H3,(H,23,27). The van der Waals surface area contributed by atoms with Crippen LogP contribution in [-0.4, -0.2) is 27.8 Å². The van der Waals surface area contributed by atoms with Gasteiger partial charge in [-0.05, 0) is 53.3 Å². The molecule has 4 rings (SSSR count). The third-order valence-corrected chi connectivity index (χ3v) is 5.92. The number of carbonyl (C=O) groups is 2. The number of fused-ring (bicyclic) bond motifs is 1. The fourth-order valence-corrected chi connectivity index (χ4v) is 4.38. The lowest BCUT2D eigenvalue weighted by Crippen LogP contribution is -2.31. The summed E-state index contributed by atoms with van der Waals surface area (Å²) >= 11 is 1.38. The average molecular weight is 397 g/mol. The molecule has 144 valence electrons. The van der Waals surface area contributed by atoms with Gasteiger partial charge < -0.3 is 14.8 Å². The number of nitrogens with zero attached hydrogens (tertiary/aromatic N) is 2. The van der Waals surface area contributed by atoms with Crippen molar-refractivity contribution in [2.75, 3.05) is 6.54 Å². The highest BCUT2D eigenvalue weighted by atomic mass is 32.1. The Kier molecular flexibility index (Phi) is 5.00. The van der Waals surface area contributed by atoms with E-state index >= 15 is 0 Å². The number of rotatable bonds is 3. The summed E-state index contributed by atoms with van der Waals surface area (Å²) in [6.07, 6.45) is 4.37. The Balaban J connectivity index is 1.62. The van der Waals surface area contributed by atoms with Crippen LogP contribution in [0.5, 0.6) is 0 Å². The van der Waals surface area contributed by atoms with Gasteiger partial charge in [-0.1, -0.05) is 6.07 Å². The van der Waals surface area contributed by atoms with Crippen LogP contribution in [0.1, 0.15) is 40.2 Å². The van der Waals surface area contributed by atoms with Gasteiger partial charge in [-0.3, -0.25) is 9.59 Å². The van der Waals surface area contributed by atoms with Crippen LogP contribution in [0.3, 0.4) is 0 Å². The molecule has 1 atom stereocenters. The summed E-state index contributed by atoms with van der Waals surface area (Å²) in [7, 11) is 0. The van der Waals surface area contributed by atoms with Gasteiger partial charge >= 0.3 is 0 Å². The van der Waals surface area contributed by atoms with E-state index in [9.17, 15) is 14.0 Å². The Hall–Kier alpha value is -2.93. The van der Waals surface area contributed by atoms with E-state index in [4.69, 9.17) is 0 Å². The first kappa shape index (κ1) is 18.4. The maximum Gasteiger partial charge on any atom is 0.263 e. The molecule has 3 heterocycles. The van der Waals surface area contributed by atoms with Crippen LogP contribution in [0.15, 0.2) is 54.2 Å². The molecule has 5 nitrogen and oxygen atoms in total. The molecule has 3 aromatic rings. The number of benzene rings is 1. The lowest BCUT2D eigenvalue weighted by molar-refractivity contribution is -0.129. The molecule has 0 fully saturated rings. The lowest BCUT2D eigenvalue weighted by Gasteiger charge is -2.19. The molecule has 1 aliphatic heterocycles. The molecule has 1 aliphatic rings. The SMILES string of the molecule is CC(=O)N1CCC(NC(=O)c2sccc2-n2cccc2)c2ccc(F)cc2C1. The van der Waals surface area contributed by atoms with Crippen molar-refractivity contribution in [3.05, 3.63) is 76.0 Å². The van der Waals surface area contributed by atoms with E-state index in [1.54, 1.807) is 11.0 Å². The van der Waals surface area contributed by atoms with E-state index in [1.165, 1.54) is 30.4 Å². The zero-order valence-corrected chi connectivity index (χ0v) is 16.2. The molecule has 1 unspecified atom stereocenters. The van der Waals surface area contributed by atoms with Crippen LogP contribution in [0.25, 0.3) is 5.69 Å². The minimum atomic E-state index is -0.345. The highest BCUT2D eigenvalue weighted by Crippen LogP contribution is 2.29. The van der Waals surface area contributed by atoms with Gasteiger partial charge in [0.15, 0.2) is 0 Å². The zero-order chi connectivity index (χ0) is 19.7. The van der Waals surface area contributed by atoms with Gasteiger partial charge in [0, 0.05) is 32.4 Å². The monoisotopic (exact) mass is 397 g/mol. The largest absolute Gasteiger partial charge is 0.344 e. The summed E-state index contributed by atoms with van der Waals surface area (Å²) < 4.78 is 15.7. The molecule has 7 heteroatoms. The molecule has 0 spiro atoms. The first-order valence-electron chi connectivity index (χ1n) is 9.08. The van der Waals surface area contributed by atoms with E-state index in [0.717, 1.165) is 16.8 Å². The molecule has 0 aliphatic carbocycles. The summed E-state index contributed by atoms with van der Waals surface area (Å²) in [6.45, 7) is 2.36. The molecular formula is C21H20FN3O2S. The second kappa shape index (κ2) is 7.59. The normalized spacial score (nSPS) is 16.4. The highest BCUT2D eigenvalue weighted by molar-refractivity contribution is 7.12. The number of carbonyl (C=O) groups excluding carboxylic acids is 2. The fraction of sp³-hybridized carbons (Fsp3) is 0.238. The van der Waals surface area contributed by atoms with Crippen molar-refractivity contribution in [1.29, 1.82) is 0 Å². The number of amides is 2. The van der Waals surface area contributed by atoms with Crippen LogP contribution in [0, 0.1) is 5.82 Å². The second-order valence-electron chi connectivity index (χ2n) is 6.82. The van der Waals surface area contributed by atoms with E-state index in [1.807, 2.05) is 40.5 Å². The van der Waals surface area contributed by atoms with E-state index < -0.39 is 0 Å². The van der Waals surface area contributed by atoms with Gasteiger partial charge in [0.1, 0.15) is 10.7 Å². The molecule has 0 radical (unpaired) electrons. The van der Waals surface area contributed by atoms with Crippen molar-refractivity contribution < 1.29 is 14.0 Å². The number of hydrogen-bond donors (Lipinski definition) is 1. The maximum absolute atomic E-state index is 13.8. The van der Waals surface area contributed by atoms with Crippen molar-refractivity contribution >= 4 is 23.2 Å². The first-order chi connectivity index (χ1) is 13.5. The molecule has 1 N–H and O–H groups in total. The summed E-state index contributed by atoms with van der Waals surface area (Å²) in [4.78, 5) is 27.2. The van der Waals surface area contributed by atoms with Crippen LogP contribution >= 0.6 is 11.3 Å². The van der Waals surface area contributed by atoms with Gasteiger partial charge in [-0.15, -0.1) is 11.3 Å². The third-order valence-electron chi connectivity index (χ3n) is 5.01. The fourth-order valence-electron chi connectivity index (χ4n) is 3.59. The predicted octanol–water partition coefficient (Wildman–Crippen LogP) is 3.90. The smallest absolute Gasteiger partial charge is 0.263 e. The van der Waals surface area contributed by atoms with Crippen LogP contribution in [0.2, 0.25) is 0 Å². The van der Waals surface area contributed by atoms with Crippen molar-refractivity contribution in [3.63, 3.8) is 0 Å². The van der Waals surface area contributed by atoms with Gasteiger partial charge in [-0.25, -0.2) is 4.39 Å². The average Bonchev–Trinajstić information content (AvgIpc) is 3.32. The van der Waals surface area contributed by atoms with E-state index in [0.29, 0.717) is 24.4 Å². The van der Waals surface area contributed by atoms with Crippen molar-refractivity contribution in [1.82, 2.24) is 14.8 Å². The van der Waals surface area contributed by atoms with Gasteiger partial charge in [-0.2, -0.15) is 0 Å². The number of hydrogen-bond acceptors (Lipinski definition) is 3. The van der Waals surface area contributed by atoms with Crippen molar-refractivity contribution in [2.45, 2.75) is 25.9 Å². The summed E-state index contributed by atoms with van der Waals surface area (Å²) in [5.41, 5.74) is 2.41. The molecule has 1 aromatic carbocycles. The third kappa shape index (κ3) is 3.57. The van der Waals surface area contributed by atoms with Gasteiger partial charge in [0.2, 0.25) is 5.91 Å². The summed E-state index contributed by atoms with van der Waals surface area (Å²) in [5.74, 6) is -0.576. The minimum Gasteiger partial charge on any atom is -0.344 e. The topological polar surface area (TPSA) is 54.3 Å². The zero-order valence-electron chi connectivity index (χ0n) is 15.4. The number of thiophene rings is 1. The summed E-state index contributed by atoms with van der Waals surface area (Å²) in [6, 6.07) is 10.0. The van der Waals surface area contributed by atoms with Crippen LogP contribution in [0.4, 0.5) is 4.39 Å². The Labute approximate surface area is 166 Å². The van der Waals surface area contributed by atoms with Gasteiger partial charge in [0.05, 0.1) is 11.7 Å². The molecule has 0 saturated carbocycles. The second-order valence-corrected chi connectivity index (χ2v) is 7.74. The Morgan fingerprint density at radius 3 is 2.75 bits per heavy atom. The van der Waals surface area contributed by atoms with Crippen LogP contribution in [-0.2, 0) is 11.3 Å². The number of aromatic nitrogens is 1. The molecule has 0 bridgehead atoms. The van der Waals surface area contributed by atoms with E-state index in [2.05, 4.69) is 5.32 Å². The quantitative estimate of drug-likeness (QED) is 0.729. The number of nitrogens with one attached hydrogen (secondary N) is 1. The molecule has 2 aromatic heterocycles. The molecule has 2 amide bonds. The van der Waals surface area contributed by atoms with Crippen molar-refractivity contribution in [3.8, 4) is 5.69 Å². The Bertz CT molecular complexity index is 1010. The van der Waals surface area contributed by atoms with E-state index in [-0.39, 0.29) is 23.7 Å².